The van der Waals surface area contributed by atoms with E-state index in [-0.39, 0.29) is 5.75 Å². The third kappa shape index (κ3) is 4.21. The van der Waals surface area contributed by atoms with Gasteiger partial charge < -0.3 is 30.6 Å². The first-order chi connectivity index (χ1) is 17.1. The van der Waals surface area contributed by atoms with Gasteiger partial charge in [0.15, 0.2) is 0 Å². The highest BCUT2D eigenvalue weighted by Crippen LogP contribution is 2.42. The molecule has 5 aromatic rings. The molecule has 0 amide bonds. The first-order valence-corrected chi connectivity index (χ1v) is 11.3. The van der Waals surface area contributed by atoms with Crippen LogP contribution in [0.15, 0.2) is 72.8 Å². The summed E-state index contributed by atoms with van der Waals surface area (Å²) in [5.74, 6) is 2.19. The van der Waals surface area contributed by atoms with Gasteiger partial charge in [0.2, 0.25) is 0 Å². The summed E-state index contributed by atoms with van der Waals surface area (Å²) in [6.45, 7) is 0.585. The van der Waals surface area contributed by atoms with Crippen LogP contribution in [0.3, 0.4) is 0 Å². The van der Waals surface area contributed by atoms with Crippen molar-refractivity contribution in [2.75, 3.05) is 31.8 Å². The number of aromatic hydroxyl groups is 1. The quantitative estimate of drug-likeness (QED) is 0.255. The Hall–Kier alpha value is -4.59. The number of para-hydroxylation sites is 3. The van der Waals surface area contributed by atoms with Crippen molar-refractivity contribution in [1.82, 2.24) is 14.5 Å². The van der Waals surface area contributed by atoms with Crippen molar-refractivity contribution in [3.05, 3.63) is 78.5 Å². The summed E-state index contributed by atoms with van der Waals surface area (Å²) >= 11 is 0. The van der Waals surface area contributed by atoms with E-state index in [1.54, 1.807) is 20.3 Å². The van der Waals surface area contributed by atoms with E-state index in [1.807, 2.05) is 71.3 Å². The molecule has 8 heteroatoms. The Morgan fingerprint density at radius 3 is 2.34 bits per heavy atom. The van der Waals surface area contributed by atoms with Crippen LogP contribution in [0.1, 0.15) is 5.69 Å². The molecule has 0 aliphatic rings. The molecule has 0 saturated heterocycles. The number of H-pyrrole nitrogens is 1. The second-order valence-corrected chi connectivity index (χ2v) is 8.11. The Kier molecular flexibility index (Phi) is 5.93. The van der Waals surface area contributed by atoms with Gasteiger partial charge in [-0.25, -0.2) is 4.98 Å². The molecule has 0 unspecified atom stereocenters. The molecule has 0 radical (unpaired) electrons. The number of aromatic nitrogens is 3. The molecule has 178 valence electrons. The zero-order valence-corrected chi connectivity index (χ0v) is 19.6. The van der Waals surface area contributed by atoms with E-state index in [2.05, 4.69) is 15.3 Å². The molecule has 2 heterocycles. The van der Waals surface area contributed by atoms with E-state index in [4.69, 9.17) is 15.2 Å². The number of nitrogen functional groups attached to an aromatic ring is 1. The minimum absolute atomic E-state index is 0.0817. The molecule has 3 aromatic carbocycles. The highest BCUT2D eigenvalue weighted by Gasteiger charge is 2.25. The SMILES string of the molecule is COc1cc(OC)cc(-n2c(N)c(-c3nc4ccccc4[nH]3)c(O)c2CCNc2ccccc2)c1. The second-order valence-electron chi connectivity index (χ2n) is 8.11. The van der Waals surface area contributed by atoms with E-state index in [0.29, 0.717) is 53.1 Å². The monoisotopic (exact) mass is 469 g/mol. The number of methoxy groups -OCH3 is 2. The van der Waals surface area contributed by atoms with E-state index in [1.165, 1.54) is 0 Å². The molecule has 0 bridgehead atoms. The molecule has 0 saturated carbocycles. The summed E-state index contributed by atoms with van der Waals surface area (Å²) in [4.78, 5) is 7.96. The number of nitrogens with zero attached hydrogens (tertiary/aromatic N) is 2. The first kappa shape index (κ1) is 22.2. The number of hydrogen-bond acceptors (Lipinski definition) is 6. The third-order valence-electron chi connectivity index (χ3n) is 5.96. The van der Waals surface area contributed by atoms with Gasteiger partial charge in [0, 0.05) is 36.9 Å². The highest BCUT2D eigenvalue weighted by molar-refractivity contribution is 5.86. The van der Waals surface area contributed by atoms with Crippen LogP contribution in [0, 0.1) is 0 Å². The molecule has 5 rings (SSSR count). The van der Waals surface area contributed by atoms with Gasteiger partial charge in [-0.15, -0.1) is 0 Å². The number of nitrogens with one attached hydrogen (secondary N) is 2. The van der Waals surface area contributed by atoms with Gasteiger partial charge in [-0.3, -0.25) is 4.57 Å². The summed E-state index contributed by atoms with van der Waals surface area (Å²) in [6, 6.07) is 23.1. The summed E-state index contributed by atoms with van der Waals surface area (Å²) in [5.41, 5.74) is 11.2. The average molecular weight is 470 g/mol. The largest absolute Gasteiger partial charge is 0.505 e. The van der Waals surface area contributed by atoms with Crippen molar-refractivity contribution < 1.29 is 14.6 Å². The van der Waals surface area contributed by atoms with Crippen molar-refractivity contribution in [2.45, 2.75) is 6.42 Å². The maximum atomic E-state index is 11.4. The number of anilines is 2. The van der Waals surface area contributed by atoms with Crippen LogP contribution in [-0.2, 0) is 6.42 Å². The maximum absolute atomic E-state index is 11.4. The fourth-order valence-corrected chi connectivity index (χ4v) is 4.26. The zero-order valence-electron chi connectivity index (χ0n) is 19.6. The number of imidazole rings is 1. The first-order valence-electron chi connectivity index (χ1n) is 11.3. The average Bonchev–Trinajstić information content (AvgIpc) is 3.42. The minimum Gasteiger partial charge on any atom is -0.505 e. The van der Waals surface area contributed by atoms with Crippen molar-refractivity contribution in [2.24, 2.45) is 0 Å². The number of hydrogen-bond donors (Lipinski definition) is 4. The summed E-state index contributed by atoms with van der Waals surface area (Å²) in [7, 11) is 3.19. The van der Waals surface area contributed by atoms with E-state index >= 15 is 0 Å². The van der Waals surface area contributed by atoms with Crippen LogP contribution in [-0.4, -0.2) is 40.4 Å². The van der Waals surface area contributed by atoms with Crippen LogP contribution in [0.25, 0.3) is 28.1 Å². The molecular formula is C27H27N5O3. The highest BCUT2D eigenvalue weighted by atomic mass is 16.5. The van der Waals surface area contributed by atoms with Gasteiger partial charge in [0.25, 0.3) is 0 Å². The van der Waals surface area contributed by atoms with Crippen LogP contribution >= 0.6 is 0 Å². The zero-order chi connectivity index (χ0) is 24.4. The van der Waals surface area contributed by atoms with E-state index in [0.717, 1.165) is 16.7 Å². The fourth-order valence-electron chi connectivity index (χ4n) is 4.26. The van der Waals surface area contributed by atoms with Gasteiger partial charge in [0.05, 0.1) is 36.6 Å². The lowest BCUT2D eigenvalue weighted by Crippen LogP contribution is -2.10. The lowest BCUT2D eigenvalue weighted by atomic mass is 10.2. The molecule has 0 spiro atoms. The Morgan fingerprint density at radius 2 is 1.66 bits per heavy atom. The number of rotatable bonds is 8. The summed E-state index contributed by atoms with van der Waals surface area (Å²) in [6.07, 6.45) is 0.505. The lowest BCUT2D eigenvalue weighted by Gasteiger charge is -2.15. The third-order valence-corrected chi connectivity index (χ3v) is 5.96. The molecule has 8 nitrogen and oxygen atoms in total. The van der Waals surface area contributed by atoms with Crippen LogP contribution < -0.4 is 20.5 Å². The predicted octanol–water partition coefficient (Wildman–Crippen LogP) is 4.98. The van der Waals surface area contributed by atoms with Gasteiger partial charge in [-0.05, 0) is 24.3 Å². The Labute approximate surface area is 203 Å². The minimum atomic E-state index is 0.0817. The van der Waals surface area contributed by atoms with Gasteiger partial charge >= 0.3 is 0 Å². The molecule has 0 atom stereocenters. The number of fused-ring (bicyclic) bond motifs is 1. The Balaban J connectivity index is 1.63. The second kappa shape index (κ2) is 9.34. The van der Waals surface area contributed by atoms with Crippen LogP contribution in [0.4, 0.5) is 11.5 Å². The molecular weight excluding hydrogens is 442 g/mol. The van der Waals surface area contributed by atoms with Gasteiger partial charge in [0.1, 0.15) is 34.5 Å². The van der Waals surface area contributed by atoms with Crippen LogP contribution in [0.2, 0.25) is 0 Å². The van der Waals surface area contributed by atoms with Crippen LogP contribution in [0.5, 0.6) is 17.2 Å². The Morgan fingerprint density at radius 1 is 0.971 bits per heavy atom. The van der Waals surface area contributed by atoms with E-state index < -0.39 is 0 Å². The predicted molar refractivity (Wildman–Crippen MR) is 139 cm³/mol. The lowest BCUT2D eigenvalue weighted by molar-refractivity contribution is 0.394. The summed E-state index contributed by atoms with van der Waals surface area (Å²) < 4.78 is 12.8. The normalized spacial score (nSPS) is 11.0. The van der Waals surface area contributed by atoms with E-state index in [9.17, 15) is 5.11 Å². The molecule has 35 heavy (non-hydrogen) atoms. The standard InChI is InChI=1S/C27H27N5O3/c1-34-19-14-18(15-20(16-19)35-2)32-23(12-13-29-17-8-4-3-5-9-17)25(33)24(26(32)28)27-30-21-10-6-7-11-22(21)31-27/h3-11,14-16,29,33H,12-13,28H2,1-2H3,(H,30,31). The molecule has 0 aliphatic carbocycles. The molecule has 0 fully saturated rings. The number of aromatic amines is 1. The molecule has 0 aliphatic heterocycles. The molecule has 2 aromatic heterocycles. The summed E-state index contributed by atoms with van der Waals surface area (Å²) in [5, 5.41) is 14.8. The van der Waals surface area contributed by atoms with Crippen molar-refractivity contribution in [3.8, 4) is 34.3 Å². The van der Waals surface area contributed by atoms with Crippen molar-refractivity contribution in [1.29, 1.82) is 0 Å². The number of nitrogens with two attached hydrogens (primary N) is 1. The van der Waals surface area contributed by atoms with Crippen molar-refractivity contribution in [3.63, 3.8) is 0 Å². The smallest absolute Gasteiger partial charge is 0.150 e. The van der Waals surface area contributed by atoms with Crippen molar-refractivity contribution >= 4 is 22.5 Å². The maximum Gasteiger partial charge on any atom is 0.150 e. The topological polar surface area (TPSA) is 110 Å². The number of ether oxygens (including phenoxy) is 2. The number of benzene rings is 3. The van der Waals surface area contributed by atoms with Gasteiger partial charge in [-0.2, -0.15) is 0 Å². The fraction of sp³-hybridized carbons (Fsp3) is 0.148. The van der Waals surface area contributed by atoms with Gasteiger partial charge in [-0.1, -0.05) is 30.3 Å². The Bertz CT molecular complexity index is 1420. The molecule has 5 N–H and O–H groups in total.